The number of hydrogen-bond acceptors (Lipinski definition) is 4. The Bertz CT molecular complexity index is 1150. The molecule has 6 nitrogen and oxygen atoms in total. The van der Waals surface area contributed by atoms with E-state index in [1.807, 2.05) is 25.1 Å². The molecule has 0 aliphatic heterocycles. The topological polar surface area (TPSA) is 83.3 Å². The average molecular weight is 318 g/mol. The Morgan fingerprint density at radius 3 is 2.92 bits per heavy atom. The van der Waals surface area contributed by atoms with Crippen molar-refractivity contribution in [2.24, 2.45) is 5.10 Å². The summed E-state index contributed by atoms with van der Waals surface area (Å²) in [7, 11) is 0. The molecule has 6 heteroatoms. The molecule has 0 atom stereocenters. The molecular weight excluding hydrogens is 304 g/mol. The SMILES string of the molecule is Cc1ccc2[nH]c3c(=O)n(/N=C\c4ccccc4O)cnc3c2c1. The fraction of sp³-hybridized carbons (Fsp3) is 0.0556. The standard InChI is InChI=1S/C18H14N4O2/c1-11-6-7-14-13(8-11)16-17(21-14)18(24)22(10-19-16)20-9-12-4-2-3-5-15(12)23/h2-10,21,23H,1H3/b20-9-. The number of H-pyrrole nitrogens is 1. The molecule has 0 bridgehead atoms. The minimum atomic E-state index is -0.291. The molecule has 2 N–H and O–H groups in total. The van der Waals surface area contributed by atoms with Crippen molar-refractivity contribution < 1.29 is 5.11 Å². The summed E-state index contributed by atoms with van der Waals surface area (Å²) in [6, 6.07) is 12.7. The van der Waals surface area contributed by atoms with Crippen molar-refractivity contribution in [3.05, 3.63) is 70.3 Å². The molecular formula is C18H14N4O2. The Morgan fingerprint density at radius 2 is 2.08 bits per heavy atom. The lowest BCUT2D eigenvalue weighted by Crippen LogP contribution is -2.17. The minimum absolute atomic E-state index is 0.101. The van der Waals surface area contributed by atoms with Crippen LogP contribution in [0.2, 0.25) is 0 Å². The van der Waals surface area contributed by atoms with E-state index in [0.29, 0.717) is 16.6 Å². The number of para-hydroxylation sites is 1. The number of fused-ring (bicyclic) bond motifs is 3. The van der Waals surface area contributed by atoms with Crippen molar-refractivity contribution in [3.8, 4) is 5.75 Å². The van der Waals surface area contributed by atoms with Gasteiger partial charge in [0.1, 0.15) is 23.1 Å². The number of aryl methyl sites for hydroxylation is 1. The molecule has 0 radical (unpaired) electrons. The summed E-state index contributed by atoms with van der Waals surface area (Å²) < 4.78 is 1.15. The molecule has 0 aliphatic carbocycles. The lowest BCUT2D eigenvalue weighted by Gasteiger charge is -1.99. The fourth-order valence-corrected chi connectivity index (χ4v) is 2.66. The van der Waals surface area contributed by atoms with Crippen molar-refractivity contribution in [2.45, 2.75) is 6.92 Å². The lowest BCUT2D eigenvalue weighted by atomic mass is 10.2. The van der Waals surface area contributed by atoms with Gasteiger partial charge in [0.05, 0.1) is 6.21 Å². The summed E-state index contributed by atoms with van der Waals surface area (Å²) in [6.07, 6.45) is 2.81. The van der Waals surface area contributed by atoms with Crippen molar-refractivity contribution in [1.29, 1.82) is 0 Å². The highest BCUT2D eigenvalue weighted by molar-refractivity contribution is 6.04. The number of nitrogens with zero attached hydrogens (tertiary/aromatic N) is 3. The molecule has 2 heterocycles. The highest BCUT2D eigenvalue weighted by Crippen LogP contribution is 2.22. The second-order valence-electron chi connectivity index (χ2n) is 5.60. The summed E-state index contributed by atoms with van der Waals surface area (Å²) in [5.41, 5.74) is 3.24. The third-order valence-electron chi connectivity index (χ3n) is 3.90. The van der Waals surface area contributed by atoms with Gasteiger partial charge in [0.15, 0.2) is 0 Å². The number of aromatic hydroxyl groups is 1. The van der Waals surface area contributed by atoms with Crippen LogP contribution >= 0.6 is 0 Å². The van der Waals surface area contributed by atoms with Crippen LogP contribution in [0, 0.1) is 6.92 Å². The van der Waals surface area contributed by atoms with E-state index in [2.05, 4.69) is 15.1 Å². The van der Waals surface area contributed by atoms with E-state index in [4.69, 9.17) is 0 Å². The molecule has 118 valence electrons. The summed E-state index contributed by atoms with van der Waals surface area (Å²) in [5, 5.41) is 14.8. The second-order valence-corrected chi connectivity index (χ2v) is 5.60. The van der Waals surface area contributed by atoms with Gasteiger partial charge in [-0.1, -0.05) is 23.8 Å². The monoisotopic (exact) mass is 318 g/mol. The predicted molar refractivity (Wildman–Crippen MR) is 93.7 cm³/mol. The van der Waals surface area contributed by atoms with E-state index in [1.165, 1.54) is 12.5 Å². The van der Waals surface area contributed by atoms with Gasteiger partial charge in [0, 0.05) is 16.5 Å². The largest absolute Gasteiger partial charge is 0.507 e. The molecule has 0 aliphatic rings. The van der Waals surface area contributed by atoms with Gasteiger partial charge in [-0.05, 0) is 31.2 Å². The summed E-state index contributed by atoms with van der Waals surface area (Å²) in [4.78, 5) is 20.1. The first-order valence-electron chi connectivity index (χ1n) is 7.45. The maximum absolute atomic E-state index is 12.6. The van der Waals surface area contributed by atoms with Crippen molar-refractivity contribution >= 4 is 28.2 Å². The number of hydrogen-bond donors (Lipinski definition) is 2. The Labute approximate surface area is 136 Å². The predicted octanol–water partition coefficient (Wildman–Crippen LogP) is 2.77. The number of aromatic nitrogens is 3. The Hall–Kier alpha value is -3.41. The van der Waals surface area contributed by atoms with Crippen LogP contribution in [0.4, 0.5) is 0 Å². The first kappa shape index (κ1) is 14.2. The molecule has 0 amide bonds. The van der Waals surface area contributed by atoms with Crippen LogP contribution in [0.25, 0.3) is 21.9 Å². The van der Waals surface area contributed by atoms with Crippen LogP contribution in [0.3, 0.4) is 0 Å². The van der Waals surface area contributed by atoms with Gasteiger partial charge in [-0.2, -0.15) is 9.78 Å². The third-order valence-corrected chi connectivity index (χ3v) is 3.90. The van der Waals surface area contributed by atoms with Gasteiger partial charge in [0.2, 0.25) is 0 Å². The maximum Gasteiger partial charge on any atom is 0.298 e. The van der Waals surface area contributed by atoms with Crippen molar-refractivity contribution in [3.63, 3.8) is 0 Å². The summed E-state index contributed by atoms with van der Waals surface area (Å²) >= 11 is 0. The number of aromatic amines is 1. The molecule has 0 spiro atoms. The molecule has 0 unspecified atom stereocenters. The summed E-state index contributed by atoms with van der Waals surface area (Å²) in [5.74, 6) is 0.101. The zero-order valence-corrected chi connectivity index (χ0v) is 12.9. The van der Waals surface area contributed by atoms with Crippen LogP contribution in [0.1, 0.15) is 11.1 Å². The Morgan fingerprint density at radius 1 is 1.25 bits per heavy atom. The highest BCUT2D eigenvalue weighted by atomic mass is 16.3. The van der Waals surface area contributed by atoms with Crippen LogP contribution in [-0.4, -0.2) is 26.0 Å². The molecule has 4 rings (SSSR count). The number of nitrogens with one attached hydrogen (secondary N) is 1. The smallest absolute Gasteiger partial charge is 0.298 e. The molecule has 2 aromatic heterocycles. The number of phenols is 1. The lowest BCUT2D eigenvalue weighted by molar-refractivity contribution is 0.474. The molecule has 4 aromatic rings. The third kappa shape index (κ3) is 2.25. The van der Waals surface area contributed by atoms with Crippen molar-refractivity contribution in [2.75, 3.05) is 0 Å². The maximum atomic E-state index is 12.6. The molecule has 0 saturated heterocycles. The quantitative estimate of drug-likeness (QED) is 0.557. The number of rotatable bonds is 2. The van der Waals surface area contributed by atoms with E-state index in [1.54, 1.807) is 24.3 Å². The van der Waals surface area contributed by atoms with Gasteiger partial charge in [-0.15, -0.1) is 0 Å². The highest BCUT2D eigenvalue weighted by Gasteiger charge is 2.10. The molecule has 0 saturated carbocycles. The van der Waals surface area contributed by atoms with E-state index in [9.17, 15) is 9.90 Å². The number of benzene rings is 2. The molecule has 24 heavy (non-hydrogen) atoms. The zero-order chi connectivity index (χ0) is 16.7. The van der Waals surface area contributed by atoms with Crippen LogP contribution in [0.15, 0.2) is 58.7 Å². The second kappa shape index (κ2) is 5.34. The number of phenolic OH excluding ortho intramolecular Hbond substituents is 1. The van der Waals surface area contributed by atoms with Crippen molar-refractivity contribution in [1.82, 2.24) is 14.6 Å². The first-order chi connectivity index (χ1) is 11.6. The van der Waals surface area contributed by atoms with Gasteiger partial charge < -0.3 is 10.1 Å². The van der Waals surface area contributed by atoms with Gasteiger partial charge in [0.25, 0.3) is 5.56 Å². The van der Waals surface area contributed by atoms with E-state index in [-0.39, 0.29) is 11.3 Å². The fourth-order valence-electron chi connectivity index (χ4n) is 2.66. The van der Waals surface area contributed by atoms with Gasteiger partial charge in [-0.25, -0.2) is 4.98 Å². The summed E-state index contributed by atoms with van der Waals surface area (Å²) in [6.45, 7) is 2.00. The van der Waals surface area contributed by atoms with E-state index >= 15 is 0 Å². The Balaban J connectivity index is 1.86. The molecule has 0 fully saturated rings. The zero-order valence-electron chi connectivity index (χ0n) is 12.9. The minimum Gasteiger partial charge on any atom is -0.507 e. The normalized spacial score (nSPS) is 11.7. The van der Waals surface area contributed by atoms with Crippen LogP contribution < -0.4 is 5.56 Å². The van der Waals surface area contributed by atoms with Gasteiger partial charge >= 0.3 is 0 Å². The van der Waals surface area contributed by atoms with Gasteiger partial charge in [-0.3, -0.25) is 4.79 Å². The average Bonchev–Trinajstić information content (AvgIpc) is 2.94. The van der Waals surface area contributed by atoms with Crippen LogP contribution in [0.5, 0.6) is 5.75 Å². The molecule has 2 aromatic carbocycles. The van der Waals surface area contributed by atoms with Crippen LogP contribution in [-0.2, 0) is 0 Å². The van der Waals surface area contributed by atoms with E-state index in [0.717, 1.165) is 21.1 Å². The Kier molecular flexibility index (Phi) is 3.16. The first-order valence-corrected chi connectivity index (χ1v) is 7.45. The van der Waals surface area contributed by atoms with E-state index < -0.39 is 0 Å².